The number of nitrogens with one attached hydrogen (secondary N) is 2. The number of nitrogens with zero attached hydrogens (tertiary/aromatic N) is 2. The van der Waals surface area contributed by atoms with E-state index in [4.69, 9.17) is 4.74 Å². The molecule has 2 heterocycles. The van der Waals surface area contributed by atoms with Gasteiger partial charge in [-0.25, -0.2) is 0 Å². The highest BCUT2D eigenvalue weighted by molar-refractivity contribution is 6.01. The van der Waals surface area contributed by atoms with Crippen LogP contribution in [-0.4, -0.2) is 66.4 Å². The molecule has 6 nitrogen and oxygen atoms in total. The molecule has 4 rings (SSSR count). The molecule has 0 aromatic carbocycles. The van der Waals surface area contributed by atoms with Crippen molar-refractivity contribution >= 4 is 5.71 Å². The molecule has 2 unspecified atom stereocenters. The van der Waals surface area contributed by atoms with Crippen molar-refractivity contribution in [1.82, 2.24) is 15.6 Å². The number of aliphatic hydroxyl groups excluding tert-OH is 1. The van der Waals surface area contributed by atoms with Crippen molar-refractivity contribution < 1.29 is 9.84 Å². The van der Waals surface area contributed by atoms with Gasteiger partial charge in [0.1, 0.15) is 6.23 Å². The lowest BCUT2D eigenvalue weighted by Gasteiger charge is -2.46. The first-order valence-corrected chi connectivity index (χ1v) is 10.6. The van der Waals surface area contributed by atoms with Crippen LogP contribution in [0.15, 0.2) is 28.4 Å². The largest absolute Gasteiger partial charge is 0.379 e. The number of aliphatic hydroxyl groups is 1. The molecule has 0 spiro atoms. The van der Waals surface area contributed by atoms with Crippen LogP contribution < -0.4 is 10.7 Å². The maximum Gasteiger partial charge on any atom is 0.130 e. The van der Waals surface area contributed by atoms with E-state index in [1.54, 1.807) is 0 Å². The van der Waals surface area contributed by atoms with Crippen LogP contribution in [0.5, 0.6) is 0 Å². The summed E-state index contributed by atoms with van der Waals surface area (Å²) < 4.78 is 5.59. The molecular weight excluding hydrogens is 340 g/mol. The summed E-state index contributed by atoms with van der Waals surface area (Å²) in [5.74, 6) is 0. The molecule has 1 saturated heterocycles. The second-order valence-corrected chi connectivity index (χ2v) is 8.44. The minimum atomic E-state index is -0.618. The Morgan fingerprint density at radius 3 is 2.78 bits per heavy atom. The summed E-state index contributed by atoms with van der Waals surface area (Å²) >= 11 is 0. The van der Waals surface area contributed by atoms with Crippen LogP contribution in [0.25, 0.3) is 0 Å². The summed E-state index contributed by atoms with van der Waals surface area (Å²) in [5.41, 5.74) is 6.54. The number of ether oxygens (including phenoxy) is 1. The summed E-state index contributed by atoms with van der Waals surface area (Å²) in [6.07, 6.45) is 12.2. The minimum absolute atomic E-state index is 0.151. The van der Waals surface area contributed by atoms with Gasteiger partial charge in [-0.05, 0) is 43.4 Å². The number of hydrazone groups is 1. The standard InChI is InChI=1S/C21H34N4O2/c1-16-18-14-17(6-7-19(18)24-23-16)20(26)22-15-21(8-4-2-3-5-9-21)25-10-12-27-13-11-25/h6,14,19-20,22,24,26H,2-5,7-13,15H2,1H3. The molecular formula is C21H34N4O2. The molecule has 3 N–H and O–H groups in total. The highest BCUT2D eigenvalue weighted by atomic mass is 16.5. The van der Waals surface area contributed by atoms with Gasteiger partial charge in [-0.2, -0.15) is 5.10 Å². The monoisotopic (exact) mass is 374 g/mol. The van der Waals surface area contributed by atoms with Crippen molar-refractivity contribution in [2.45, 2.75) is 69.7 Å². The van der Waals surface area contributed by atoms with Gasteiger partial charge in [0.05, 0.1) is 25.0 Å². The van der Waals surface area contributed by atoms with Gasteiger partial charge in [0, 0.05) is 25.2 Å². The Morgan fingerprint density at radius 2 is 2.04 bits per heavy atom. The minimum Gasteiger partial charge on any atom is -0.379 e. The van der Waals surface area contributed by atoms with Gasteiger partial charge in [-0.1, -0.05) is 31.8 Å². The zero-order chi connectivity index (χ0) is 18.7. The molecule has 6 heteroatoms. The maximum absolute atomic E-state index is 10.9. The normalized spacial score (nSPS) is 29.7. The van der Waals surface area contributed by atoms with Crippen LogP contribution in [0.1, 0.15) is 51.9 Å². The quantitative estimate of drug-likeness (QED) is 0.507. The Labute approximate surface area is 162 Å². The zero-order valence-corrected chi connectivity index (χ0v) is 16.5. The van der Waals surface area contributed by atoms with Crippen LogP contribution in [0.4, 0.5) is 0 Å². The summed E-state index contributed by atoms with van der Waals surface area (Å²) in [6.45, 7) is 6.54. The van der Waals surface area contributed by atoms with Gasteiger partial charge < -0.3 is 15.3 Å². The van der Waals surface area contributed by atoms with Crippen LogP contribution >= 0.6 is 0 Å². The topological polar surface area (TPSA) is 69.1 Å². The second-order valence-electron chi connectivity index (χ2n) is 8.44. The SMILES string of the molecule is CC1=NNC2CC=C(C(O)NCC3(N4CCOCC4)CCCCCC3)C=C12. The molecule has 27 heavy (non-hydrogen) atoms. The fraction of sp³-hybridized carbons (Fsp3) is 0.762. The Balaban J connectivity index is 1.43. The Hall–Kier alpha value is -1.21. The molecule has 150 valence electrons. The zero-order valence-electron chi connectivity index (χ0n) is 16.5. The van der Waals surface area contributed by atoms with Crippen LogP contribution in [0, 0.1) is 0 Å². The van der Waals surface area contributed by atoms with Crippen molar-refractivity contribution in [2.24, 2.45) is 5.10 Å². The van der Waals surface area contributed by atoms with Gasteiger partial charge in [0.15, 0.2) is 0 Å². The fourth-order valence-corrected chi connectivity index (χ4v) is 5.06. The third-order valence-electron chi connectivity index (χ3n) is 6.75. The maximum atomic E-state index is 10.9. The van der Waals surface area contributed by atoms with Gasteiger partial charge >= 0.3 is 0 Å². The van der Waals surface area contributed by atoms with Crippen LogP contribution in [-0.2, 0) is 4.74 Å². The molecule has 1 saturated carbocycles. The van der Waals surface area contributed by atoms with E-state index in [2.05, 4.69) is 32.9 Å². The first-order valence-electron chi connectivity index (χ1n) is 10.6. The van der Waals surface area contributed by atoms with Gasteiger partial charge in [0.25, 0.3) is 0 Å². The molecule has 2 fully saturated rings. The van der Waals surface area contributed by atoms with Crippen LogP contribution in [0.2, 0.25) is 0 Å². The summed E-state index contributed by atoms with van der Waals surface area (Å²) in [6, 6.07) is 0.280. The third kappa shape index (κ3) is 4.14. The van der Waals surface area contributed by atoms with Gasteiger partial charge in [-0.15, -0.1) is 0 Å². The lowest BCUT2D eigenvalue weighted by molar-refractivity contribution is -0.0325. The lowest BCUT2D eigenvalue weighted by atomic mass is 9.87. The lowest BCUT2D eigenvalue weighted by Crippen LogP contribution is -2.59. The van der Waals surface area contributed by atoms with E-state index in [0.717, 1.165) is 50.6 Å². The number of morpholine rings is 1. The number of hydrogen-bond acceptors (Lipinski definition) is 6. The molecule has 0 bridgehead atoms. The summed E-state index contributed by atoms with van der Waals surface area (Å²) in [7, 11) is 0. The molecule has 4 aliphatic rings. The summed E-state index contributed by atoms with van der Waals surface area (Å²) in [5, 5.41) is 18.7. The molecule has 0 amide bonds. The average Bonchev–Trinajstić information content (AvgIpc) is 2.92. The first-order chi connectivity index (χ1) is 13.2. The van der Waals surface area contributed by atoms with E-state index >= 15 is 0 Å². The fourth-order valence-electron chi connectivity index (χ4n) is 5.06. The Bertz CT molecular complexity index is 614. The van der Waals surface area contributed by atoms with E-state index in [-0.39, 0.29) is 11.6 Å². The summed E-state index contributed by atoms with van der Waals surface area (Å²) in [4.78, 5) is 2.63. The van der Waals surface area contributed by atoms with E-state index in [9.17, 15) is 5.11 Å². The molecule has 2 aliphatic heterocycles. The highest BCUT2D eigenvalue weighted by Gasteiger charge is 2.38. The molecule has 0 aromatic rings. The Morgan fingerprint density at radius 1 is 1.30 bits per heavy atom. The van der Waals surface area contributed by atoms with E-state index < -0.39 is 6.23 Å². The number of rotatable bonds is 5. The predicted octanol–water partition coefficient (Wildman–Crippen LogP) is 1.92. The molecule has 2 aliphatic carbocycles. The van der Waals surface area contributed by atoms with Crippen molar-refractivity contribution in [3.8, 4) is 0 Å². The van der Waals surface area contributed by atoms with Crippen molar-refractivity contribution in [2.75, 3.05) is 32.8 Å². The smallest absolute Gasteiger partial charge is 0.130 e. The van der Waals surface area contributed by atoms with Gasteiger partial charge in [0.2, 0.25) is 0 Å². The molecule has 0 aromatic heterocycles. The van der Waals surface area contributed by atoms with Crippen molar-refractivity contribution in [3.63, 3.8) is 0 Å². The Kier molecular flexibility index (Phi) is 5.97. The van der Waals surface area contributed by atoms with E-state index in [0.29, 0.717) is 0 Å². The third-order valence-corrected chi connectivity index (χ3v) is 6.75. The van der Waals surface area contributed by atoms with Crippen molar-refractivity contribution in [1.29, 1.82) is 0 Å². The van der Waals surface area contributed by atoms with E-state index in [1.807, 2.05) is 6.92 Å². The average molecular weight is 375 g/mol. The van der Waals surface area contributed by atoms with Crippen molar-refractivity contribution in [3.05, 3.63) is 23.3 Å². The molecule has 0 radical (unpaired) electrons. The second kappa shape index (κ2) is 8.43. The predicted molar refractivity (Wildman–Crippen MR) is 108 cm³/mol. The van der Waals surface area contributed by atoms with E-state index in [1.165, 1.54) is 44.1 Å². The first kappa shape index (κ1) is 19.1. The molecule has 2 atom stereocenters. The number of hydrogen-bond donors (Lipinski definition) is 3. The van der Waals surface area contributed by atoms with Crippen LogP contribution in [0.3, 0.4) is 0 Å². The highest BCUT2D eigenvalue weighted by Crippen LogP contribution is 2.33. The number of fused-ring (bicyclic) bond motifs is 1. The van der Waals surface area contributed by atoms with Gasteiger partial charge in [-0.3, -0.25) is 10.2 Å².